The lowest BCUT2D eigenvalue weighted by molar-refractivity contribution is -0.119. The zero-order chi connectivity index (χ0) is 20.0. The van der Waals surface area contributed by atoms with Crippen LogP contribution in [0.5, 0.6) is 5.75 Å². The van der Waals surface area contributed by atoms with Gasteiger partial charge in [-0.3, -0.25) is 14.5 Å². The van der Waals surface area contributed by atoms with Crippen molar-refractivity contribution in [2.24, 2.45) is 0 Å². The van der Waals surface area contributed by atoms with Crippen molar-refractivity contribution >= 4 is 34.8 Å². The lowest BCUT2D eigenvalue weighted by atomic mass is 10.1. The second-order valence-corrected chi connectivity index (χ2v) is 6.80. The molecule has 0 aliphatic carbocycles. The lowest BCUT2D eigenvalue weighted by Gasteiger charge is -2.17. The van der Waals surface area contributed by atoms with Gasteiger partial charge in [-0.2, -0.15) is 0 Å². The normalized spacial score (nSPS) is 10.6. The molecule has 2 aromatic rings. The molecule has 0 aromatic heterocycles. The zero-order valence-electron chi connectivity index (χ0n) is 15.9. The second kappa shape index (κ2) is 9.39. The average Bonchev–Trinajstić information content (AvgIpc) is 2.58. The van der Waals surface area contributed by atoms with Crippen LogP contribution in [0.3, 0.4) is 0 Å². The van der Waals surface area contributed by atoms with E-state index >= 15 is 0 Å². The summed E-state index contributed by atoms with van der Waals surface area (Å²) in [6, 6.07) is 10.7. The Balaban J connectivity index is 1.90. The highest BCUT2D eigenvalue weighted by molar-refractivity contribution is 6.31. The van der Waals surface area contributed by atoms with Crippen LogP contribution in [0.15, 0.2) is 36.4 Å². The maximum atomic E-state index is 12.3. The third-order valence-electron chi connectivity index (χ3n) is 4.14. The number of hydrogen-bond donors (Lipinski definition) is 2. The maximum Gasteiger partial charge on any atom is 0.238 e. The van der Waals surface area contributed by atoms with Crippen molar-refractivity contribution in [1.82, 2.24) is 4.90 Å². The Morgan fingerprint density at radius 3 is 2.30 bits per heavy atom. The Morgan fingerprint density at radius 2 is 1.67 bits per heavy atom. The van der Waals surface area contributed by atoms with Gasteiger partial charge in [-0.1, -0.05) is 23.7 Å². The fourth-order valence-electron chi connectivity index (χ4n) is 2.59. The number of halogens is 1. The van der Waals surface area contributed by atoms with Crippen LogP contribution < -0.4 is 15.4 Å². The quantitative estimate of drug-likeness (QED) is 0.760. The van der Waals surface area contributed by atoms with Gasteiger partial charge >= 0.3 is 0 Å². The summed E-state index contributed by atoms with van der Waals surface area (Å²) in [7, 11) is 3.22. The molecule has 0 spiro atoms. The van der Waals surface area contributed by atoms with Gasteiger partial charge in [-0.15, -0.1) is 0 Å². The fourth-order valence-corrected chi connectivity index (χ4v) is 2.76. The van der Waals surface area contributed by atoms with Crippen LogP contribution in [0, 0.1) is 13.8 Å². The van der Waals surface area contributed by atoms with Crippen molar-refractivity contribution < 1.29 is 14.3 Å². The molecule has 0 aliphatic heterocycles. The summed E-state index contributed by atoms with van der Waals surface area (Å²) in [5.74, 6) is 0.0695. The number of nitrogens with zero attached hydrogens (tertiary/aromatic N) is 1. The summed E-state index contributed by atoms with van der Waals surface area (Å²) in [4.78, 5) is 26.1. The number of carbonyl (C=O) groups is 2. The van der Waals surface area contributed by atoms with Crippen molar-refractivity contribution in [3.8, 4) is 5.75 Å². The fraction of sp³-hybridized carbons (Fsp3) is 0.300. The molecule has 2 rings (SSSR count). The van der Waals surface area contributed by atoms with Crippen LogP contribution in [-0.2, 0) is 9.59 Å². The average molecular weight is 390 g/mol. The molecule has 2 aromatic carbocycles. The molecule has 0 unspecified atom stereocenters. The number of amides is 2. The monoisotopic (exact) mass is 389 g/mol. The van der Waals surface area contributed by atoms with Gasteiger partial charge in [0.2, 0.25) is 11.8 Å². The number of nitrogens with one attached hydrogen (secondary N) is 2. The number of ether oxygens (including phenoxy) is 1. The first-order valence-electron chi connectivity index (χ1n) is 8.48. The van der Waals surface area contributed by atoms with Gasteiger partial charge in [-0.05, 0) is 56.3 Å². The van der Waals surface area contributed by atoms with Gasteiger partial charge in [-0.25, -0.2) is 0 Å². The topological polar surface area (TPSA) is 70.7 Å². The van der Waals surface area contributed by atoms with Crippen LogP contribution in [0.4, 0.5) is 11.4 Å². The zero-order valence-corrected chi connectivity index (χ0v) is 16.7. The van der Waals surface area contributed by atoms with Crippen molar-refractivity contribution in [2.45, 2.75) is 13.8 Å². The molecule has 6 nitrogen and oxygen atoms in total. The third kappa shape index (κ3) is 5.98. The third-order valence-corrected chi connectivity index (χ3v) is 4.38. The standard InChI is InChI=1S/C20H24ClN3O3/c1-13-6-5-7-16(14(13)2)22-19(25)11-24(3)12-20(26)23-17-10-15(21)8-9-18(17)27-4/h5-10H,11-12H2,1-4H3,(H,22,25)(H,23,26). The number of anilines is 2. The Hall–Kier alpha value is -2.57. The Labute approximate surface area is 164 Å². The van der Waals surface area contributed by atoms with Crippen LogP contribution >= 0.6 is 11.6 Å². The first-order chi connectivity index (χ1) is 12.8. The molecule has 0 aliphatic rings. The van der Waals surface area contributed by atoms with Crippen molar-refractivity contribution in [3.63, 3.8) is 0 Å². The number of benzene rings is 2. The van der Waals surface area contributed by atoms with E-state index in [0.29, 0.717) is 16.5 Å². The SMILES string of the molecule is COc1ccc(Cl)cc1NC(=O)CN(C)CC(=O)Nc1cccc(C)c1C. The van der Waals surface area contributed by atoms with Crippen LogP contribution in [0.2, 0.25) is 5.02 Å². The highest BCUT2D eigenvalue weighted by Crippen LogP contribution is 2.27. The minimum absolute atomic E-state index is 0.0515. The predicted octanol–water partition coefficient (Wildman–Crippen LogP) is 3.47. The summed E-state index contributed by atoms with van der Waals surface area (Å²) < 4.78 is 5.21. The molecule has 0 saturated heterocycles. The highest BCUT2D eigenvalue weighted by atomic mass is 35.5. The Morgan fingerprint density at radius 1 is 1.04 bits per heavy atom. The number of aryl methyl sites for hydroxylation is 1. The number of likely N-dealkylation sites (N-methyl/N-ethyl adjacent to an activating group) is 1. The summed E-state index contributed by atoms with van der Waals surface area (Å²) in [5.41, 5.74) is 3.40. The Bertz CT molecular complexity index is 839. The lowest BCUT2D eigenvalue weighted by Crippen LogP contribution is -2.36. The van der Waals surface area contributed by atoms with E-state index in [9.17, 15) is 9.59 Å². The predicted molar refractivity (Wildman–Crippen MR) is 109 cm³/mol. The van der Waals surface area contributed by atoms with E-state index in [0.717, 1.165) is 16.8 Å². The molecule has 7 heteroatoms. The van der Waals surface area contributed by atoms with Crippen LogP contribution in [-0.4, -0.2) is 44.0 Å². The van der Waals surface area contributed by atoms with Gasteiger partial charge in [0.1, 0.15) is 5.75 Å². The summed E-state index contributed by atoms with van der Waals surface area (Å²) in [5, 5.41) is 6.12. The van der Waals surface area contributed by atoms with Gasteiger partial charge in [0.15, 0.2) is 0 Å². The van der Waals surface area contributed by atoms with E-state index in [1.165, 1.54) is 7.11 Å². The molecule has 0 bridgehead atoms. The van der Waals surface area contributed by atoms with E-state index < -0.39 is 0 Å². The largest absolute Gasteiger partial charge is 0.495 e. The van der Waals surface area contributed by atoms with E-state index in [1.807, 2.05) is 32.0 Å². The van der Waals surface area contributed by atoms with Gasteiger partial charge < -0.3 is 15.4 Å². The minimum Gasteiger partial charge on any atom is -0.495 e. The van der Waals surface area contributed by atoms with E-state index in [4.69, 9.17) is 16.3 Å². The van der Waals surface area contributed by atoms with Gasteiger partial charge in [0, 0.05) is 10.7 Å². The Kier molecular flexibility index (Phi) is 7.21. The first kappa shape index (κ1) is 20.7. The van der Waals surface area contributed by atoms with E-state index in [1.54, 1.807) is 30.1 Å². The molecule has 0 saturated carbocycles. The summed E-state index contributed by atoms with van der Waals surface area (Å²) >= 11 is 5.96. The highest BCUT2D eigenvalue weighted by Gasteiger charge is 2.14. The minimum atomic E-state index is -0.266. The molecule has 2 amide bonds. The molecular formula is C20H24ClN3O3. The second-order valence-electron chi connectivity index (χ2n) is 6.36. The summed E-state index contributed by atoms with van der Waals surface area (Å²) in [6.07, 6.45) is 0. The number of hydrogen-bond acceptors (Lipinski definition) is 4. The van der Waals surface area contributed by atoms with E-state index in [-0.39, 0.29) is 24.9 Å². The number of carbonyl (C=O) groups excluding carboxylic acids is 2. The summed E-state index contributed by atoms with van der Waals surface area (Å²) in [6.45, 7) is 4.09. The van der Waals surface area contributed by atoms with Crippen LogP contribution in [0.1, 0.15) is 11.1 Å². The molecule has 144 valence electrons. The molecule has 27 heavy (non-hydrogen) atoms. The van der Waals surface area contributed by atoms with Gasteiger partial charge in [0.05, 0.1) is 25.9 Å². The van der Waals surface area contributed by atoms with Crippen molar-refractivity contribution in [3.05, 3.63) is 52.5 Å². The van der Waals surface area contributed by atoms with Crippen molar-refractivity contribution in [2.75, 3.05) is 37.9 Å². The first-order valence-corrected chi connectivity index (χ1v) is 8.86. The van der Waals surface area contributed by atoms with Crippen molar-refractivity contribution in [1.29, 1.82) is 0 Å². The maximum absolute atomic E-state index is 12.3. The molecule has 0 atom stereocenters. The smallest absolute Gasteiger partial charge is 0.238 e. The van der Waals surface area contributed by atoms with Gasteiger partial charge in [0.25, 0.3) is 0 Å². The molecule has 0 fully saturated rings. The molecular weight excluding hydrogens is 366 g/mol. The van der Waals surface area contributed by atoms with Crippen LogP contribution in [0.25, 0.3) is 0 Å². The number of methoxy groups -OCH3 is 1. The molecule has 0 radical (unpaired) electrons. The van der Waals surface area contributed by atoms with E-state index in [2.05, 4.69) is 10.6 Å². The molecule has 2 N–H and O–H groups in total. The molecule has 0 heterocycles. The number of rotatable bonds is 7.